The van der Waals surface area contributed by atoms with Gasteiger partial charge in [0.05, 0.1) is 22.5 Å². The summed E-state index contributed by atoms with van der Waals surface area (Å²) in [6.07, 6.45) is 0.721. The number of hydrogen-bond donors (Lipinski definition) is 0. The molecule has 0 atom stereocenters. The van der Waals surface area contributed by atoms with Gasteiger partial charge < -0.3 is 4.74 Å². The number of fused-ring (bicyclic) bond motifs is 3. The molecule has 2 aromatic heterocycles. The lowest BCUT2D eigenvalue weighted by molar-refractivity contribution is 0.141. The van der Waals surface area contributed by atoms with Gasteiger partial charge in [-0.05, 0) is 48.2 Å². The van der Waals surface area contributed by atoms with Gasteiger partial charge in [0, 0.05) is 25.5 Å². The highest BCUT2D eigenvalue weighted by Gasteiger charge is 2.17. The standard InChI is InChI=1S/C28H25N5O2S/c1-2-35-17-7-16-32-26(34)24-10-5-6-11-25(24)33-27(32)30-31-28(33)36-19-20-12-14-21(15-13-20)23-9-4-3-8-22(23)18-29/h3-6,8-15H,2,7,16-17,19H2,1H3. The average Bonchev–Trinajstić information content (AvgIpc) is 3.35. The van der Waals surface area contributed by atoms with Gasteiger partial charge in [0.15, 0.2) is 5.16 Å². The van der Waals surface area contributed by atoms with Crippen LogP contribution in [0.5, 0.6) is 0 Å². The molecule has 0 aliphatic carbocycles. The Labute approximate surface area is 213 Å². The van der Waals surface area contributed by atoms with Crippen molar-refractivity contribution >= 4 is 28.4 Å². The molecule has 0 aliphatic heterocycles. The van der Waals surface area contributed by atoms with Gasteiger partial charge in [0.1, 0.15) is 0 Å². The van der Waals surface area contributed by atoms with Crippen LogP contribution in [0.1, 0.15) is 24.5 Å². The van der Waals surface area contributed by atoms with Gasteiger partial charge in [-0.3, -0.25) is 13.8 Å². The number of nitriles is 1. The molecule has 0 spiro atoms. The minimum Gasteiger partial charge on any atom is -0.382 e. The first kappa shape index (κ1) is 23.8. The molecule has 0 amide bonds. The van der Waals surface area contributed by atoms with Crippen molar-refractivity contribution in [2.24, 2.45) is 0 Å². The fourth-order valence-corrected chi connectivity index (χ4v) is 5.15. The van der Waals surface area contributed by atoms with E-state index in [2.05, 4.69) is 28.4 Å². The number of thioether (sulfide) groups is 1. The van der Waals surface area contributed by atoms with Crippen molar-refractivity contribution in [2.45, 2.75) is 30.8 Å². The number of aryl methyl sites for hydroxylation is 1. The molecular formula is C28H25N5O2S. The topological polar surface area (TPSA) is 85.2 Å². The first-order valence-corrected chi connectivity index (χ1v) is 12.9. The van der Waals surface area contributed by atoms with Crippen LogP contribution in [-0.2, 0) is 17.0 Å². The van der Waals surface area contributed by atoms with Gasteiger partial charge in [-0.1, -0.05) is 66.4 Å². The van der Waals surface area contributed by atoms with Gasteiger partial charge in [0.25, 0.3) is 5.56 Å². The van der Waals surface area contributed by atoms with Crippen molar-refractivity contribution in [2.75, 3.05) is 13.2 Å². The Morgan fingerprint density at radius 1 is 1.00 bits per heavy atom. The minimum absolute atomic E-state index is 0.0632. The van der Waals surface area contributed by atoms with Crippen molar-refractivity contribution in [3.05, 3.63) is 94.3 Å². The highest BCUT2D eigenvalue weighted by Crippen LogP contribution is 2.27. The molecule has 0 bridgehead atoms. The SMILES string of the molecule is CCOCCCn1c(=O)c2ccccc2n2c(SCc3ccc(-c4ccccc4C#N)cc3)nnc12. The number of benzene rings is 3. The monoisotopic (exact) mass is 495 g/mol. The summed E-state index contributed by atoms with van der Waals surface area (Å²) in [4.78, 5) is 13.2. The van der Waals surface area contributed by atoms with Crippen LogP contribution in [0.4, 0.5) is 0 Å². The molecule has 0 fully saturated rings. The van der Waals surface area contributed by atoms with Crippen LogP contribution in [0.3, 0.4) is 0 Å². The molecule has 5 aromatic rings. The van der Waals surface area contributed by atoms with E-state index in [4.69, 9.17) is 4.74 Å². The molecule has 2 heterocycles. The Hall–Kier alpha value is -3.93. The lowest BCUT2D eigenvalue weighted by atomic mass is 10.00. The zero-order valence-corrected chi connectivity index (χ0v) is 20.7. The van der Waals surface area contributed by atoms with Crippen LogP contribution >= 0.6 is 11.8 Å². The maximum absolute atomic E-state index is 13.2. The molecular weight excluding hydrogens is 470 g/mol. The summed E-state index contributed by atoms with van der Waals surface area (Å²) >= 11 is 1.58. The van der Waals surface area contributed by atoms with Crippen LogP contribution < -0.4 is 5.56 Å². The third-order valence-electron chi connectivity index (χ3n) is 6.03. The van der Waals surface area contributed by atoms with Gasteiger partial charge >= 0.3 is 0 Å². The number of nitrogens with zero attached hydrogens (tertiary/aromatic N) is 5. The molecule has 180 valence electrons. The summed E-state index contributed by atoms with van der Waals surface area (Å²) in [5, 5.41) is 19.6. The normalized spacial score (nSPS) is 11.2. The van der Waals surface area contributed by atoms with Crippen molar-refractivity contribution in [3.8, 4) is 17.2 Å². The van der Waals surface area contributed by atoms with Gasteiger partial charge in [-0.15, -0.1) is 10.2 Å². The molecule has 8 heteroatoms. The van der Waals surface area contributed by atoms with E-state index in [0.717, 1.165) is 33.8 Å². The van der Waals surface area contributed by atoms with Crippen LogP contribution in [0.25, 0.3) is 27.8 Å². The Kier molecular flexibility index (Phi) is 7.12. The quantitative estimate of drug-likeness (QED) is 0.204. The first-order chi connectivity index (χ1) is 17.7. The van der Waals surface area contributed by atoms with E-state index in [1.165, 1.54) is 0 Å². The maximum Gasteiger partial charge on any atom is 0.262 e. The van der Waals surface area contributed by atoms with Crippen molar-refractivity contribution < 1.29 is 4.74 Å². The molecule has 0 N–H and O–H groups in total. The molecule has 5 rings (SSSR count). The number of hydrogen-bond acceptors (Lipinski definition) is 6. The number of para-hydroxylation sites is 1. The average molecular weight is 496 g/mol. The Morgan fingerprint density at radius 3 is 2.58 bits per heavy atom. The zero-order chi connectivity index (χ0) is 24.9. The molecule has 3 aromatic carbocycles. The summed E-state index contributed by atoms with van der Waals surface area (Å²) in [6, 6.07) is 25.7. The highest BCUT2D eigenvalue weighted by molar-refractivity contribution is 7.98. The molecule has 0 aliphatic rings. The predicted octanol–water partition coefficient (Wildman–Crippen LogP) is 5.30. The van der Waals surface area contributed by atoms with Crippen molar-refractivity contribution in [1.29, 1.82) is 5.26 Å². The third kappa shape index (κ3) is 4.63. The fraction of sp³-hybridized carbons (Fsp3) is 0.214. The molecule has 7 nitrogen and oxygen atoms in total. The first-order valence-electron chi connectivity index (χ1n) is 11.9. The van der Waals surface area contributed by atoms with Crippen LogP contribution in [0, 0.1) is 11.3 Å². The number of aromatic nitrogens is 4. The molecule has 0 unspecified atom stereocenters. The van der Waals surface area contributed by atoms with E-state index in [0.29, 0.717) is 42.2 Å². The van der Waals surface area contributed by atoms with E-state index in [9.17, 15) is 10.1 Å². The highest BCUT2D eigenvalue weighted by atomic mass is 32.2. The molecule has 0 saturated carbocycles. The minimum atomic E-state index is -0.0632. The lowest BCUT2D eigenvalue weighted by Gasteiger charge is -2.11. The second-order valence-electron chi connectivity index (χ2n) is 8.29. The van der Waals surface area contributed by atoms with Crippen LogP contribution in [-0.4, -0.2) is 32.4 Å². The van der Waals surface area contributed by atoms with E-state index in [-0.39, 0.29) is 5.56 Å². The smallest absolute Gasteiger partial charge is 0.262 e. The Morgan fingerprint density at radius 2 is 1.78 bits per heavy atom. The van der Waals surface area contributed by atoms with E-state index in [1.807, 2.05) is 72.0 Å². The van der Waals surface area contributed by atoms with E-state index < -0.39 is 0 Å². The second kappa shape index (κ2) is 10.8. The summed E-state index contributed by atoms with van der Waals surface area (Å²) in [7, 11) is 0. The van der Waals surface area contributed by atoms with Gasteiger partial charge in [-0.25, -0.2) is 0 Å². The summed E-state index contributed by atoms with van der Waals surface area (Å²) in [6.45, 7) is 3.72. The van der Waals surface area contributed by atoms with Gasteiger partial charge in [0.2, 0.25) is 5.78 Å². The molecule has 36 heavy (non-hydrogen) atoms. The summed E-state index contributed by atoms with van der Waals surface area (Å²) in [5.41, 5.74) is 4.46. The fourth-order valence-electron chi connectivity index (χ4n) is 4.26. The van der Waals surface area contributed by atoms with Crippen LogP contribution in [0.15, 0.2) is 82.7 Å². The van der Waals surface area contributed by atoms with Crippen molar-refractivity contribution in [1.82, 2.24) is 19.2 Å². The van der Waals surface area contributed by atoms with Gasteiger partial charge in [-0.2, -0.15) is 5.26 Å². The Bertz CT molecular complexity index is 1620. The lowest BCUT2D eigenvalue weighted by Crippen LogP contribution is -2.24. The number of ether oxygens (including phenoxy) is 1. The largest absolute Gasteiger partial charge is 0.382 e. The molecule has 0 radical (unpaired) electrons. The summed E-state index contributed by atoms with van der Waals surface area (Å²) in [5.74, 6) is 1.24. The van der Waals surface area contributed by atoms with E-state index in [1.54, 1.807) is 16.3 Å². The van der Waals surface area contributed by atoms with Crippen LogP contribution in [0.2, 0.25) is 0 Å². The summed E-state index contributed by atoms with van der Waals surface area (Å²) < 4.78 is 9.12. The third-order valence-corrected chi connectivity index (χ3v) is 7.03. The zero-order valence-electron chi connectivity index (χ0n) is 19.9. The van der Waals surface area contributed by atoms with Crippen molar-refractivity contribution in [3.63, 3.8) is 0 Å². The molecule has 0 saturated heterocycles. The predicted molar refractivity (Wildman–Crippen MR) is 142 cm³/mol. The van der Waals surface area contributed by atoms with E-state index >= 15 is 0 Å². The maximum atomic E-state index is 13.2. The Balaban J connectivity index is 1.43. The number of rotatable bonds is 9. The second-order valence-corrected chi connectivity index (χ2v) is 9.23.